The second-order valence-electron chi connectivity index (χ2n) is 6.38. The molecule has 1 heterocycles. The maximum absolute atomic E-state index is 4.63. The first kappa shape index (κ1) is 17.0. The molecule has 1 aromatic rings. The molecule has 1 aliphatic rings. The molecule has 0 aromatic carbocycles. The minimum atomic E-state index is 0.578. The van der Waals surface area contributed by atoms with E-state index in [2.05, 4.69) is 51.9 Å². The van der Waals surface area contributed by atoms with E-state index in [1.54, 1.807) is 0 Å². The molecule has 1 unspecified atom stereocenters. The van der Waals surface area contributed by atoms with Crippen molar-refractivity contribution in [3.05, 3.63) is 15.9 Å². The van der Waals surface area contributed by atoms with Crippen LogP contribution in [-0.2, 0) is 19.9 Å². The predicted molar refractivity (Wildman–Crippen MR) is 92.6 cm³/mol. The van der Waals surface area contributed by atoms with Crippen molar-refractivity contribution < 1.29 is 0 Å². The smallest absolute Gasteiger partial charge is 0.0766 e. The third-order valence-corrected chi connectivity index (χ3v) is 5.69. The summed E-state index contributed by atoms with van der Waals surface area (Å²) in [6.45, 7) is 5.43. The van der Waals surface area contributed by atoms with E-state index in [-0.39, 0.29) is 0 Å². The highest BCUT2D eigenvalue weighted by atomic mass is 79.9. The zero-order chi connectivity index (χ0) is 15.2. The lowest BCUT2D eigenvalue weighted by Gasteiger charge is -2.27. The fraction of sp³-hybridized carbons (Fsp3) is 0.824. The van der Waals surface area contributed by atoms with Crippen LogP contribution >= 0.6 is 15.9 Å². The molecule has 1 N–H and O–H groups in total. The summed E-state index contributed by atoms with van der Waals surface area (Å²) in [7, 11) is 2.07. The number of nitrogens with zero attached hydrogens (tertiary/aromatic N) is 2. The Balaban J connectivity index is 2.03. The van der Waals surface area contributed by atoms with Crippen LogP contribution in [0.25, 0.3) is 0 Å². The van der Waals surface area contributed by atoms with E-state index in [0.717, 1.165) is 25.3 Å². The van der Waals surface area contributed by atoms with Crippen molar-refractivity contribution in [2.75, 3.05) is 6.54 Å². The van der Waals surface area contributed by atoms with Gasteiger partial charge in [0.15, 0.2) is 0 Å². The largest absolute Gasteiger partial charge is 0.314 e. The summed E-state index contributed by atoms with van der Waals surface area (Å²) in [5.41, 5.74) is 2.52. The minimum absolute atomic E-state index is 0.578. The molecular weight excluding hydrogens is 326 g/mol. The van der Waals surface area contributed by atoms with Crippen LogP contribution in [0, 0.1) is 5.92 Å². The summed E-state index contributed by atoms with van der Waals surface area (Å²) >= 11 is 3.76. The Morgan fingerprint density at radius 2 is 2.00 bits per heavy atom. The van der Waals surface area contributed by atoms with Gasteiger partial charge in [-0.3, -0.25) is 4.68 Å². The molecule has 120 valence electrons. The fourth-order valence-corrected chi connectivity index (χ4v) is 4.41. The van der Waals surface area contributed by atoms with Crippen LogP contribution in [0.1, 0.15) is 63.8 Å². The number of hydrogen-bond acceptors (Lipinski definition) is 2. The second kappa shape index (κ2) is 8.33. The first-order valence-corrected chi connectivity index (χ1v) is 9.38. The first-order valence-electron chi connectivity index (χ1n) is 8.59. The molecule has 0 bridgehead atoms. The van der Waals surface area contributed by atoms with Gasteiger partial charge in [0.2, 0.25) is 0 Å². The van der Waals surface area contributed by atoms with Gasteiger partial charge in [-0.05, 0) is 41.2 Å². The molecule has 4 heteroatoms. The van der Waals surface area contributed by atoms with Crippen LogP contribution in [0.3, 0.4) is 0 Å². The number of hydrogen-bond donors (Lipinski definition) is 1. The van der Waals surface area contributed by atoms with Crippen molar-refractivity contribution in [2.45, 2.75) is 71.3 Å². The van der Waals surface area contributed by atoms with E-state index in [4.69, 9.17) is 0 Å². The Morgan fingerprint density at radius 1 is 1.29 bits per heavy atom. The number of halogens is 1. The molecule has 0 amide bonds. The molecular formula is C17H30BrN3. The Kier molecular flexibility index (Phi) is 6.74. The molecule has 0 radical (unpaired) electrons. The Bertz CT molecular complexity index is 435. The summed E-state index contributed by atoms with van der Waals surface area (Å²) in [4.78, 5) is 0. The van der Waals surface area contributed by atoms with Crippen molar-refractivity contribution in [2.24, 2.45) is 13.0 Å². The molecule has 2 rings (SSSR count). The lowest BCUT2D eigenvalue weighted by Crippen LogP contribution is -2.34. The standard InChI is InChI=1S/C17H30BrN3/c1-4-15-17(18)16(21(3)20-15)12-14(19-5-2)11-13-9-7-6-8-10-13/h13-14,19H,4-12H2,1-3H3. The summed E-state index contributed by atoms with van der Waals surface area (Å²) < 4.78 is 3.28. The number of likely N-dealkylation sites (N-methyl/N-ethyl adjacent to an activating group) is 1. The topological polar surface area (TPSA) is 29.9 Å². The molecule has 1 aromatic heterocycles. The van der Waals surface area contributed by atoms with E-state index in [1.165, 1.54) is 54.4 Å². The predicted octanol–water partition coefficient (Wildman–Crippen LogP) is 4.24. The average molecular weight is 356 g/mol. The maximum atomic E-state index is 4.63. The summed E-state index contributed by atoms with van der Waals surface area (Å²) in [6.07, 6.45) is 10.5. The SMILES string of the molecule is CCNC(Cc1c(Br)c(CC)nn1C)CC1CCCCC1. The van der Waals surface area contributed by atoms with Crippen molar-refractivity contribution in [3.8, 4) is 0 Å². The van der Waals surface area contributed by atoms with Gasteiger partial charge < -0.3 is 5.32 Å². The van der Waals surface area contributed by atoms with Crippen molar-refractivity contribution in [1.29, 1.82) is 0 Å². The third kappa shape index (κ3) is 4.56. The van der Waals surface area contributed by atoms with Gasteiger partial charge >= 0.3 is 0 Å². The van der Waals surface area contributed by atoms with Gasteiger partial charge in [0.25, 0.3) is 0 Å². The van der Waals surface area contributed by atoms with Crippen LogP contribution in [0.2, 0.25) is 0 Å². The van der Waals surface area contributed by atoms with Gasteiger partial charge in [0.05, 0.1) is 15.9 Å². The second-order valence-corrected chi connectivity index (χ2v) is 7.18. The number of aromatic nitrogens is 2. The lowest BCUT2D eigenvalue weighted by atomic mass is 9.84. The van der Waals surface area contributed by atoms with Crippen LogP contribution in [0.4, 0.5) is 0 Å². The van der Waals surface area contributed by atoms with Crippen LogP contribution in [-0.4, -0.2) is 22.4 Å². The maximum Gasteiger partial charge on any atom is 0.0766 e. The highest BCUT2D eigenvalue weighted by molar-refractivity contribution is 9.10. The third-order valence-electron chi connectivity index (χ3n) is 4.78. The summed E-state index contributed by atoms with van der Waals surface area (Å²) in [6, 6.07) is 0.578. The Labute approximate surface area is 138 Å². The van der Waals surface area contributed by atoms with Gasteiger partial charge in [0, 0.05) is 19.5 Å². The normalized spacial score (nSPS) is 18.1. The molecule has 1 aliphatic carbocycles. The number of aryl methyl sites for hydroxylation is 2. The van der Waals surface area contributed by atoms with Crippen molar-refractivity contribution >= 4 is 15.9 Å². The summed E-state index contributed by atoms with van der Waals surface area (Å²) in [5.74, 6) is 0.917. The Hall–Kier alpha value is -0.350. The monoisotopic (exact) mass is 355 g/mol. The van der Waals surface area contributed by atoms with Crippen LogP contribution in [0.15, 0.2) is 4.47 Å². The fourth-order valence-electron chi connectivity index (χ4n) is 3.63. The molecule has 0 spiro atoms. The van der Waals surface area contributed by atoms with E-state index >= 15 is 0 Å². The van der Waals surface area contributed by atoms with E-state index in [0.29, 0.717) is 6.04 Å². The van der Waals surface area contributed by atoms with E-state index in [1.807, 2.05) is 0 Å². The zero-order valence-electron chi connectivity index (χ0n) is 13.8. The molecule has 0 aliphatic heterocycles. The molecule has 0 saturated heterocycles. The number of rotatable bonds is 7. The zero-order valence-corrected chi connectivity index (χ0v) is 15.4. The van der Waals surface area contributed by atoms with Gasteiger partial charge in [-0.1, -0.05) is 46.0 Å². The molecule has 1 atom stereocenters. The molecule has 3 nitrogen and oxygen atoms in total. The van der Waals surface area contributed by atoms with Gasteiger partial charge in [-0.2, -0.15) is 5.10 Å². The van der Waals surface area contributed by atoms with Crippen molar-refractivity contribution in [3.63, 3.8) is 0 Å². The van der Waals surface area contributed by atoms with Crippen molar-refractivity contribution in [1.82, 2.24) is 15.1 Å². The van der Waals surface area contributed by atoms with Gasteiger partial charge in [0.1, 0.15) is 0 Å². The average Bonchev–Trinajstić information content (AvgIpc) is 2.76. The number of nitrogens with one attached hydrogen (secondary N) is 1. The molecule has 1 fully saturated rings. The van der Waals surface area contributed by atoms with E-state index < -0.39 is 0 Å². The Morgan fingerprint density at radius 3 is 2.57 bits per heavy atom. The van der Waals surface area contributed by atoms with E-state index in [9.17, 15) is 0 Å². The first-order chi connectivity index (χ1) is 10.2. The summed E-state index contributed by atoms with van der Waals surface area (Å²) in [5, 5.41) is 8.33. The minimum Gasteiger partial charge on any atom is -0.314 e. The quantitative estimate of drug-likeness (QED) is 0.792. The molecule has 21 heavy (non-hydrogen) atoms. The molecule has 1 saturated carbocycles. The lowest BCUT2D eigenvalue weighted by molar-refractivity contribution is 0.296. The van der Waals surface area contributed by atoms with Gasteiger partial charge in [-0.25, -0.2) is 0 Å². The highest BCUT2D eigenvalue weighted by Crippen LogP contribution is 2.29. The van der Waals surface area contributed by atoms with Crippen LogP contribution in [0.5, 0.6) is 0 Å². The van der Waals surface area contributed by atoms with Crippen LogP contribution < -0.4 is 5.32 Å². The van der Waals surface area contributed by atoms with Gasteiger partial charge in [-0.15, -0.1) is 0 Å². The highest BCUT2D eigenvalue weighted by Gasteiger charge is 2.21.